The monoisotopic (exact) mass is 306 g/mol. The van der Waals surface area contributed by atoms with Gasteiger partial charge in [-0.1, -0.05) is 0 Å². The molecule has 122 valence electrons. The molecule has 1 atom stereocenters. The number of aliphatic carboxylic acids is 2. The molecule has 0 aromatic carbocycles. The number of ether oxygens (including phenoxy) is 2. The van der Waals surface area contributed by atoms with Crippen molar-refractivity contribution >= 4 is 18.0 Å². The highest BCUT2D eigenvalue weighted by molar-refractivity contribution is 5.86. The number of hydrogen-bond acceptors (Lipinski definition) is 5. The minimum atomic E-state index is -1.44. The second-order valence-corrected chi connectivity index (χ2v) is 4.20. The Morgan fingerprint density at radius 3 is 2.38 bits per heavy atom. The first-order valence-corrected chi connectivity index (χ1v) is 6.53. The number of nitrogens with one attached hydrogen (secondary N) is 2. The molecule has 4 N–H and O–H groups in total. The number of hydrogen-bond donors (Lipinski definition) is 4. The lowest BCUT2D eigenvalue weighted by atomic mass is 10.2. The third-order valence-corrected chi connectivity index (χ3v) is 2.41. The van der Waals surface area contributed by atoms with E-state index in [1.807, 2.05) is 0 Å². The summed E-state index contributed by atoms with van der Waals surface area (Å²) < 4.78 is 10.0. The lowest BCUT2D eigenvalue weighted by Crippen LogP contribution is -2.47. The fourth-order valence-electron chi connectivity index (χ4n) is 1.36. The number of unbranched alkanes of at least 4 members (excludes halogenated alkanes) is 1. The number of carboxylic acids is 2. The van der Waals surface area contributed by atoms with Crippen LogP contribution in [0.3, 0.4) is 0 Å². The lowest BCUT2D eigenvalue weighted by molar-refractivity contribution is -0.145. The molecule has 0 radical (unpaired) electrons. The maximum absolute atomic E-state index is 11.4. The third-order valence-electron chi connectivity index (χ3n) is 2.41. The third kappa shape index (κ3) is 11.6. The normalized spacial score (nSPS) is 11.7. The predicted octanol–water partition coefficient (Wildman–Crippen LogP) is -0.343. The Morgan fingerprint density at radius 1 is 1.10 bits per heavy atom. The second-order valence-electron chi connectivity index (χ2n) is 4.20. The van der Waals surface area contributed by atoms with Crippen LogP contribution in [-0.4, -0.2) is 67.7 Å². The molecule has 0 aliphatic heterocycles. The van der Waals surface area contributed by atoms with E-state index in [1.54, 1.807) is 7.11 Å². The quantitative estimate of drug-likeness (QED) is 0.362. The maximum atomic E-state index is 11.4. The van der Waals surface area contributed by atoms with Gasteiger partial charge in [-0.05, 0) is 12.8 Å². The molecular weight excluding hydrogens is 284 g/mol. The molecule has 0 aromatic rings. The van der Waals surface area contributed by atoms with Crippen molar-refractivity contribution < 1.29 is 34.1 Å². The van der Waals surface area contributed by atoms with Gasteiger partial charge in [0.2, 0.25) is 0 Å². The molecule has 0 heterocycles. The number of carbonyl (C=O) groups is 3. The van der Waals surface area contributed by atoms with Gasteiger partial charge in [0.25, 0.3) is 0 Å². The van der Waals surface area contributed by atoms with Crippen molar-refractivity contribution in [1.82, 2.24) is 10.6 Å². The Kier molecular flexibility index (Phi) is 10.9. The fourth-order valence-corrected chi connectivity index (χ4v) is 1.36. The summed E-state index contributed by atoms with van der Waals surface area (Å²) in [6.45, 7) is 1.93. The molecule has 0 aliphatic carbocycles. The maximum Gasteiger partial charge on any atom is 0.326 e. The topological polar surface area (TPSA) is 134 Å². The second kappa shape index (κ2) is 11.9. The van der Waals surface area contributed by atoms with Gasteiger partial charge in [-0.15, -0.1) is 0 Å². The SMILES string of the molecule is COCCOCCCCNC(=O)NC(CC(=O)O)C(=O)O. The molecule has 9 nitrogen and oxygen atoms in total. The Bertz CT molecular complexity index is 336. The van der Waals surface area contributed by atoms with Gasteiger partial charge in [0.05, 0.1) is 19.6 Å². The molecule has 0 bridgehead atoms. The van der Waals surface area contributed by atoms with Gasteiger partial charge in [0.1, 0.15) is 6.04 Å². The van der Waals surface area contributed by atoms with E-state index in [0.717, 1.165) is 6.42 Å². The summed E-state index contributed by atoms with van der Waals surface area (Å²) in [5, 5.41) is 21.8. The largest absolute Gasteiger partial charge is 0.481 e. The van der Waals surface area contributed by atoms with E-state index in [2.05, 4.69) is 10.6 Å². The van der Waals surface area contributed by atoms with E-state index in [0.29, 0.717) is 32.8 Å². The Labute approximate surface area is 122 Å². The number of carboxylic acid groups (broad SMARTS) is 2. The highest BCUT2D eigenvalue weighted by atomic mass is 16.5. The zero-order valence-electron chi connectivity index (χ0n) is 12.0. The van der Waals surface area contributed by atoms with Crippen LogP contribution in [0.1, 0.15) is 19.3 Å². The number of rotatable bonds is 12. The van der Waals surface area contributed by atoms with Gasteiger partial charge in [-0.25, -0.2) is 9.59 Å². The number of methoxy groups -OCH3 is 1. The van der Waals surface area contributed by atoms with Crippen LogP contribution in [0.15, 0.2) is 0 Å². The van der Waals surface area contributed by atoms with Crippen molar-refractivity contribution in [2.75, 3.05) is 33.5 Å². The minimum absolute atomic E-state index is 0.346. The van der Waals surface area contributed by atoms with Gasteiger partial charge in [-0.2, -0.15) is 0 Å². The highest BCUT2D eigenvalue weighted by Gasteiger charge is 2.22. The summed E-state index contributed by atoms with van der Waals surface area (Å²) in [7, 11) is 1.58. The van der Waals surface area contributed by atoms with Crippen LogP contribution < -0.4 is 10.6 Å². The first kappa shape index (κ1) is 19.1. The Morgan fingerprint density at radius 2 is 1.81 bits per heavy atom. The fraction of sp³-hybridized carbons (Fsp3) is 0.750. The molecule has 9 heteroatoms. The van der Waals surface area contributed by atoms with Crippen LogP contribution >= 0.6 is 0 Å². The van der Waals surface area contributed by atoms with Crippen molar-refractivity contribution in [3.63, 3.8) is 0 Å². The van der Waals surface area contributed by atoms with Crippen molar-refractivity contribution in [2.45, 2.75) is 25.3 Å². The molecule has 0 saturated carbocycles. The zero-order valence-corrected chi connectivity index (χ0v) is 12.0. The van der Waals surface area contributed by atoms with Gasteiger partial charge in [0.15, 0.2) is 0 Å². The van der Waals surface area contributed by atoms with Crippen LogP contribution in [0.25, 0.3) is 0 Å². The summed E-state index contributed by atoms with van der Waals surface area (Å²) in [4.78, 5) is 32.6. The van der Waals surface area contributed by atoms with E-state index in [-0.39, 0.29) is 0 Å². The van der Waals surface area contributed by atoms with Crippen molar-refractivity contribution in [3.8, 4) is 0 Å². The van der Waals surface area contributed by atoms with E-state index < -0.39 is 30.4 Å². The first-order valence-electron chi connectivity index (χ1n) is 6.53. The minimum Gasteiger partial charge on any atom is -0.481 e. The molecule has 0 fully saturated rings. The van der Waals surface area contributed by atoms with Gasteiger partial charge in [-0.3, -0.25) is 4.79 Å². The van der Waals surface area contributed by atoms with Crippen molar-refractivity contribution in [3.05, 3.63) is 0 Å². The smallest absolute Gasteiger partial charge is 0.326 e. The summed E-state index contributed by atoms with van der Waals surface area (Å²) >= 11 is 0. The van der Waals surface area contributed by atoms with Gasteiger partial charge >= 0.3 is 18.0 Å². The molecular formula is C12H22N2O7. The van der Waals surface area contributed by atoms with E-state index >= 15 is 0 Å². The summed E-state index contributed by atoms with van der Waals surface area (Å²) in [6, 6.07) is -2.15. The highest BCUT2D eigenvalue weighted by Crippen LogP contribution is 1.93. The van der Waals surface area contributed by atoms with Crippen LogP contribution in [0.5, 0.6) is 0 Å². The Balaban J connectivity index is 3.69. The number of carbonyl (C=O) groups excluding carboxylic acids is 1. The molecule has 0 spiro atoms. The number of amides is 2. The average Bonchev–Trinajstić information content (AvgIpc) is 2.40. The lowest BCUT2D eigenvalue weighted by Gasteiger charge is -2.13. The van der Waals surface area contributed by atoms with E-state index in [4.69, 9.17) is 19.7 Å². The standard InChI is InChI=1S/C12H22N2O7/c1-20-6-7-21-5-3-2-4-13-12(19)14-9(11(17)18)8-10(15)16/h9H,2-8H2,1H3,(H,15,16)(H,17,18)(H2,13,14,19). The van der Waals surface area contributed by atoms with Crippen LogP contribution in [0.2, 0.25) is 0 Å². The molecule has 0 aromatic heterocycles. The van der Waals surface area contributed by atoms with Crippen molar-refractivity contribution in [2.24, 2.45) is 0 Å². The predicted molar refractivity (Wildman–Crippen MR) is 72.1 cm³/mol. The van der Waals surface area contributed by atoms with Gasteiger partial charge < -0.3 is 30.3 Å². The van der Waals surface area contributed by atoms with E-state index in [1.165, 1.54) is 0 Å². The summed E-state index contributed by atoms with van der Waals surface area (Å²) in [6.07, 6.45) is 0.731. The molecule has 0 rings (SSSR count). The Hall–Kier alpha value is -1.87. The average molecular weight is 306 g/mol. The van der Waals surface area contributed by atoms with Crippen LogP contribution in [-0.2, 0) is 19.1 Å². The summed E-state index contributed by atoms with van der Waals surface area (Å²) in [5.74, 6) is -2.69. The molecule has 0 aliphatic rings. The van der Waals surface area contributed by atoms with Crippen LogP contribution in [0, 0.1) is 0 Å². The van der Waals surface area contributed by atoms with Crippen molar-refractivity contribution in [1.29, 1.82) is 0 Å². The molecule has 2 amide bonds. The van der Waals surface area contributed by atoms with Crippen LogP contribution in [0.4, 0.5) is 4.79 Å². The molecule has 0 saturated heterocycles. The van der Waals surface area contributed by atoms with E-state index in [9.17, 15) is 14.4 Å². The summed E-state index contributed by atoms with van der Waals surface area (Å²) in [5.41, 5.74) is 0. The van der Waals surface area contributed by atoms with Gasteiger partial charge in [0, 0.05) is 20.3 Å². The molecule has 21 heavy (non-hydrogen) atoms. The first-order chi connectivity index (χ1) is 9.97. The molecule has 1 unspecified atom stereocenters. The number of urea groups is 1. The zero-order chi connectivity index (χ0) is 16.1.